The number of carbonyl (C=O) groups excluding carboxylic acids is 2. The van der Waals surface area contributed by atoms with Crippen LogP contribution in [0.5, 0.6) is 0 Å². The first-order valence-corrected chi connectivity index (χ1v) is 11.7. The summed E-state index contributed by atoms with van der Waals surface area (Å²) >= 11 is 6.14. The Balaban J connectivity index is 1.95. The van der Waals surface area contributed by atoms with Crippen molar-refractivity contribution in [2.75, 3.05) is 6.54 Å². The van der Waals surface area contributed by atoms with E-state index in [0.717, 1.165) is 28.7 Å². The van der Waals surface area contributed by atoms with Gasteiger partial charge in [-0.3, -0.25) is 9.59 Å². The third kappa shape index (κ3) is 7.47. The van der Waals surface area contributed by atoms with E-state index in [-0.39, 0.29) is 18.2 Å². The Hall–Kier alpha value is -3.11. The maximum Gasteiger partial charge on any atom is 0.243 e. The molecule has 0 radical (unpaired) electrons. The van der Waals surface area contributed by atoms with Gasteiger partial charge in [0, 0.05) is 24.5 Å². The summed E-state index contributed by atoms with van der Waals surface area (Å²) in [7, 11) is 0. The topological polar surface area (TPSA) is 49.4 Å². The lowest BCUT2D eigenvalue weighted by Gasteiger charge is -2.32. The third-order valence-electron chi connectivity index (χ3n) is 5.50. The zero-order valence-corrected chi connectivity index (χ0v) is 20.0. The molecule has 0 saturated carbocycles. The first-order chi connectivity index (χ1) is 16.0. The monoisotopic (exact) mass is 462 g/mol. The standard InChI is InChI=1S/C28H31ClN2O2/c1-3-15-30-28(33)26(18-22-10-5-4-6-11-22)31(20-24-13-7-9-21(2)16-24)27(32)19-23-12-8-14-25(29)17-23/h4-14,16-17,26H,3,15,18-20H2,1-2H3,(H,30,33)/t26-/m0/s1. The molecule has 0 aromatic heterocycles. The van der Waals surface area contributed by atoms with E-state index in [4.69, 9.17) is 11.6 Å². The van der Waals surface area contributed by atoms with Crippen LogP contribution in [0.2, 0.25) is 5.02 Å². The van der Waals surface area contributed by atoms with E-state index in [2.05, 4.69) is 11.4 Å². The summed E-state index contributed by atoms with van der Waals surface area (Å²) in [5, 5.41) is 3.59. The second-order valence-electron chi connectivity index (χ2n) is 8.31. The number of hydrogen-bond acceptors (Lipinski definition) is 2. The maximum absolute atomic E-state index is 13.6. The fraction of sp³-hybridized carbons (Fsp3) is 0.286. The lowest BCUT2D eigenvalue weighted by atomic mass is 10.0. The highest BCUT2D eigenvalue weighted by atomic mass is 35.5. The minimum Gasteiger partial charge on any atom is -0.354 e. The van der Waals surface area contributed by atoms with Gasteiger partial charge in [0.1, 0.15) is 6.04 Å². The average Bonchev–Trinajstić information content (AvgIpc) is 2.80. The Morgan fingerprint density at radius 2 is 1.61 bits per heavy atom. The molecule has 1 N–H and O–H groups in total. The van der Waals surface area contributed by atoms with Gasteiger partial charge in [-0.15, -0.1) is 0 Å². The molecule has 0 aliphatic carbocycles. The number of halogens is 1. The summed E-state index contributed by atoms with van der Waals surface area (Å²) in [6.45, 7) is 4.97. The molecule has 33 heavy (non-hydrogen) atoms. The van der Waals surface area contributed by atoms with Crippen LogP contribution < -0.4 is 5.32 Å². The minimum absolute atomic E-state index is 0.105. The Morgan fingerprint density at radius 1 is 0.909 bits per heavy atom. The zero-order chi connectivity index (χ0) is 23.6. The number of nitrogens with one attached hydrogen (secondary N) is 1. The van der Waals surface area contributed by atoms with E-state index in [1.165, 1.54) is 0 Å². The van der Waals surface area contributed by atoms with Crippen LogP contribution in [-0.4, -0.2) is 29.3 Å². The minimum atomic E-state index is -0.619. The molecule has 4 nitrogen and oxygen atoms in total. The Morgan fingerprint density at radius 3 is 2.30 bits per heavy atom. The van der Waals surface area contributed by atoms with Crippen LogP contribution in [0, 0.1) is 6.92 Å². The fourth-order valence-electron chi connectivity index (χ4n) is 3.85. The maximum atomic E-state index is 13.6. The van der Waals surface area contributed by atoms with Crippen LogP contribution in [0.4, 0.5) is 0 Å². The number of aryl methyl sites for hydroxylation is 1. The van der Waals surface area contributed by atoms with Gasteiger partial charge in [0.05, 0.1) is 6.42 Å². The molecule has 0 spiro atoms. The lowest BCUT2D eigenvalue weighted by molar-refractivity contribution is -0.140. The molecular formula is C28H31ClN2O2. The van der Waals surface area contributed by atoms with Crippen molar-refractivity contribution in [1.29, 1.82) is 0 Å². The summed E-state index contributed by atoms with van der Waals surface area (Å²) in [6.07, 6.45) is 1.46. The quantitative estimate of drug-likeness (QED) is 0.441. The van der Waals surface area contributed by atoms with Gasteiger partial charge in [-0.1, -0.05) is 90.8 Å². The van der Waals surface area contributed by atoms with Crippen LogP contribution in [0.3, 0.4) is 0 Å². The summed E-state index contributed by atoms with van der Waals surface area (Å²) in [4.78, 5) is 28.6. The van der Waals surface area contributed by atoms with Gasteiger partial charge in [0.15, 0.2) is 0 Å². The van der Waals surface area contributed by atoms with Gasteiger partial charge in [0.2, 0.25) is 11.8 Å². The number of benzene rings is 3. The van der Waals surface area contributed by atoms with E-state index in [1.54, 1.807) is 17.0 Å². The molecule has 0 heterocycles. The van der Waals surface area contributed by atoms with Crippen LogP contribution in [0.25, 0.3) is 0 Å². The van der Waals surface area contributed by atoms with E-state index < -0.39 is 6.04 Å². The molecule has 3 aromatic carbocycles. The molecule has 0 bridgehead atoms. The van der Waals surface area contributed by atoms with Gasteiger partial charge in [-0.25, -0.2) is 0 Å². The number of nitrogens with zero attached hydrogens (tertiary/aromatic N) is 1. The summed E-state index contributed by atoms with van der Waals surface area (Å²) in [5.41, 5.74) is 3.95. The molecule has 1 atom stereocenters. The Kier molecular flexibility index (Phi) is 9.08. The van der Waals surface area contributed by atoms with Crippen molar-refractivity contribution in [3.63, 3.8) is 0 Å². The predicted octanol–water partition coefficient (Wildman–Crippen LogP) is 5.36. The van der Waals surface area contributed by atoms with Crippen molar-refractivity contribution in [1.82, 2.24) is 10.2 Å². The SMILES string of the molecule is CCCNC(=O)[C@H](Cc1ccccc1)N(Cc1cccc(C)c1)C(=O)Cc1cccc(Cl)c1. The largest absolute Gasteiger partial charge is 0.354 e. The number of hydrogen-bond donors (Lipinski definition) is 1. The highest BCUT2D eigenvalue weighted by Crippen LogP contribution is 2.18. The molecule has 0 aliphatic heterocycles. The molecule has 0 fully saturated rings. The lowest BCUT2D eigenvalue weighted by Crippen LogP contribution is -2.51. The van der Waals surface area contributed by atoms with E-state index in [1.807, 2.05) is 74.5 Å². The van der Waals surface area contributed by atoms with Crippen LogP contribution in [0.15, 0.2) is 78.9 Å². The van der Waals surface area contributed by atoms with Crippen molar-refractivity contribution in [2.45, 2.75) is 45.7 Å². The van der Waals surface area contributed by atoms with Gasteiger partial charge in [-0.2, -0.15) is 0 Å². The normalized spacial score (nSPS) is 11.6. The molecular weight excluding hydrogens is 432 g/mol. The van der Waals surface area contributed by atoms with Crippen molar-refractivity contribution in [3.05, 3.63) is 106 Å². The number of carbonyl (C=O) groups is 2. The van der Waals surface area contributed by atoms with Crippen molar-refractivity contribution in [2.24, 2.45) is 0 Å². The van der Waals surface area contributed by atoms with Gasteiger partial charge in [-0.05, 0) is 42.2 Å². The molecule has 0 unspecified atom stereocenters. The fourth-order valence-corrected chi connectivity index (χ4v) is 4.06. The van der Waals surface area contributed by atoms with Gasteiger partial charge in [0.25, 0.3) is 0 Å². The van der Waals surface area contributed by atoms with Crippen LogP contribution in [-0.2, 0) is 29.0 Å². The van der Waals surface area contributed by atoms with E-state index in [9.17, 15) is 9.59 Å². The predicted molar refractivity (Wildman–Crippen MR) is 134 cm³/mol. The van der Waals surface area contributed by atoms with Gasteiger partial charge >= 0.3 is 0 Å². The summed E-state index contributed by atoms with van der Waals surface area (Å²) < 4.78 is 0. The number of rotatable bonds is 10. The van der Waals surface area contributed by atoms with Crippen molar-refractivity contribution in [3.8, 4) is 0 Å². The third-order valence-corrected chi connectivity index (χ3v) is 5.74. The highest BCUT2D eigenvalue weighted by molar-refractivity contribution is 6.30. The van der Waals surface area contributed by atoms with Crippen molar-refractivity contribution < 1.29 is 9.59 Å². The highest BCUT2D eigenvalue weighted by Gasteiger charge is 2.30. The molecule has 172 valence electrons. The zero-order valence-electron chi connectivity index (χ0n) is 19.3. The average molecular weight is 463 g/mol. The Labute approximate surface area is 201 Å². The second kappa shape index (κ2) is 12.2. The molecule has 5 heteroatoms. The molecule has 0 aliphatic rings. The second-order valence-corrected chi connectivity index (χ2v) is 8.75. The molecule has 2 amide bonds. The van der Waals surface area contributed by atoms with Gasteiger partial charge < -0.3 is 10.2 Å². The molecule has 3 aromatic rings. The smallest absolute Gasteiger partial charge is 0.243 e. The first kappa shape index (κ1) is 24.5. The molecule has 3 rings (SSSR count). The Bertz CT molecular complexity index is 1070. The van der Waals surface area contributed by atoms with Crippen LogP contribution >= 0.6 is 11.6 Å². The van der Waals surface area contributed by atoms with E-state index >= 15 is 0 Å². The van der Waals surface area contributed by atoms with Crippen LogP contribution in [0.1, 0.15) is 35.6 Å². The van der Waals surface area contributed by atoms with E-state index in [0.29, 0.717) is 24.5 Å². The first-order valence-electron chi connectivity index (χ1n) is 11.4. The number of amides is 2. The summed E-state index contributed by atoms with van der Waals surface area (Å²) in [6, 6.07) is 24.6. The van der Waals surface area contributed by atoms with Crippen molar-refractivity contribution >= 4 is 23.4 Å². The summed E-state index contributed by atoms with van der Waals surface area (Å²) in [5.74, 6) is -0.237. The molecule has 0 saturated heterocycles.